The zero-order chi connectivity index (χ0) is 16.1. The molecule has 0 spiro atoms. The minimum atomic E-state index is -0.899. The van der Waals surface area contributed by atoms with Gasteiger partial charge in [0.25, 0.3) is 0 Å². The first-order valence-corrected chi connectivity index (χ1v) is 7.35. The molecule has 0 radical (unpaired) electrons. The van der Waals surface area contributed by atoms with Crippen molar-refractivity contribution in [1.82, 2.24) is 4.90 Å². The molecule has 0 aliphatic carbocycles. The molecular weight excluding hydrogens is 289 g/mol. The summed E-state index contributed by atoms with van der Waals surface area (Å²) in [7, 11) is 1.40. The highest BCUT2D eigenvalue weighted by atomic mass is 19.1. The van der Waals surface area contributed by atoms with Crippen LogP contribution in [0.15, 0.2) is 18.2 Å². The minimum Gasteiger partial charge on any atom is -0.494 e. The fourth-order valence-corrected chi connectivity index (χ4v) is 2.87. The van der Waals surface area contributed by atoms with Gasteiger partial charge >= 0.3 is 5.97 Å². The number of methoxy groups -OCH3 is 1. The number of hydrogen-bond acceptors (Lipinski definition) is 3. The van der Waals surface area contributed by atoms with Gasteiger partial charge in [-0.05, 0) is 30.9 Å². The van der Waals surface area contributed by atoms with Crippen LogP contribution in [0, 0.1) is 5.82 Å². The molecule has 0 bridgehead atoms. The van der Waals surface area contributed by atoms with E-state index in [-0.39, 0.29) is 37.0 Å². The summed E-state index contributed by atoms with van der Waals surface area (Å²) in [5.41, 5.74) is 0.432. The Morgan fingerprint density at radius 1 is 1.45 bits per heavy atom. The number of aryl methyl sites for hydroxylation is 1. The number of rotatable bonds is 6. The van der Waals surface area contributed by atoms with Crippen molar-refractivity contribution in [3.05, 3.63) is 29.6 Å². The molecule has 1 unspecified atom stereocenters. The largest absolute Gasteiger partial charge is 0.494 e. The van der Waals surface area contributed by atoms with Gasteiger partial charge in [-0.1, -0.05) is 12.1 Å². The van der Waals surface area contributed by atoms with Gasteiger partial charge in [-0.25, -0.2) is 4.39 Å². The van der Waals surface area contributed by atoms with Gasteiger partial charge in [0, 0.05) is 19.0 Å². The third-order valence-electron chi connectivity index (χ3n) is 3.98. The summed E-state index contributed by atoms with van der Waals surface area (Å²) in [6.07, 6.45) is 1.94. The number of nitrogens with zero attached hydrogens (tertiary/aromatic N) is 1. The lowest BCUT2D eigenvalue weighted by Gasteiger charge is -2.23. The van der Waals surface area contributed by atoms with Crippen molar-refractivity contribution in [2.24, 2.45) is 0 Å². The van der Waals surface area contributed by atoms with Gasteiger partial charge in [-0.15, -0.1) is 0 Å². The van der Waals surface area contributed by atoms with Crippen LogP contribution < -0.4 is 4.74 Å². The predicted molar refractivity (Wildman–Crippen MR) is 78.3 cm³/mol. The summed E-state index contributed by atoms with van der Waals surface area (Å²) in [6, 6.07) is 4.61. The molecule has 120 valence electrons. The fourth-order valence-electron chi connectivity index (χ4n) is 2.87. The molecule has 1 aliphatic heterocycles. The van der Waals surface area contributed by atoms with Crippen LogP contribution in [-0.2, 0) is 16.0 Å². The molecule has 5 nitrogen and oxygen atoms in total. The number of benzene rings is 1. The summed E-state index contributed by atoms with van der Waals surface area (Å²) in [6.45, 7) is 0.581. The minimum absolute atomic E-state index is 0.0285. The molecule has 0 saturated carbocycles. The fraction of sp³-hybridized carbons (Fsp3) is 0.500. The van der Waals surface area contributed by atoms with E-state index < -0.39 is 11.8 Å². The molecule has 6 heteroatoms. The molecule has 1 N–H and O–H groups in total. The molecule has 1 saturated heterocycles. The number of carboxylic acids is 1. The third kappa shape index (κ3) is 3.75. The van der Waals surface area contributed by atoms with E-state index in [2.05, 4.69) is 0 Å². The van der Waals surface area contributed by atoms with E-state index in [1.54, 1.807) is 17.0 Å². The maximum atomic E-state index is 14.0. The van der Waals surface area contributed by atoms with Crippen LogP contribution in [-0.4, -0.2) is 41.6 Å². The normalized spacial score (nSPS) is 17.5. The summed E-state index contributed by atoms with van der Waals surface area (Å²) < 4.78 is 18.9. The van der Waals surface area contributed by atoms with E-state index in [0.717, 1.165) is 6.42 Å². The van der Waals surface area contributed by atoms with E-state index in [1.165, 1.54) is 13.2 Å². The quantitative estimate of drug-likeness (QED) is 0.875. The Bertz CT molecular complexity index is 561. The lowest BCUT2D eigenvalue weighted by molar-refractivity contribution is -0.139. The van der Waals surface area contributed by atoms with E-state index in [9.17, 15) is 14.0 Å². The molecule has 1 amide bonds. The van der Waals surface area contributed by atoms with Gasteiger partial charge in [0.2, 0.25) is 5.91 Å². The van der Waals surface area contributed by atoms with Crippen LogP contribution >= 0.6 is 0 Å². The van der Waals surface area contributed by atoms with E-state index in [0.29, 0.717) is 18.5 Å². The highest BCUT2D eigenvalue weighted by Gasteiger charge is 2.30. The zero-order valence-corrected chi connectivity index (χ0v) is 12.5. The Morgan fingerprint density at radius 2 is 2.23 bits per heavy atom. The second kappa shape index (κ2) is 7.24. The van der Waals surface area contributed by atoms with Gasteiger partial charge in [-0.3, -0.25) is 9.59 Å². The number of carbonyl (C=O) groups excluding carboxylic acids is 1. The van der Waals surface area contributed by atoms with Gasteiger partial charge in [0.1, 0.15) is 0 Å². The standard InChI is InChI=1S/C16H20FNO4/c1-22-13-6-2-4-11(16(13)17)7-8-14(19)18-9-3-5-12(18)10-15(20)21/h2,4,6,12H,3,5,7-10H2,1H3,(H,20,21). The highest BCUT2D eigenvalue weighted by Crippen LogP contribution is 2.24. The Kier molecular flexibility index (Phi) is 5.35. The zero-order valence-electron chi connectivity index (χ0n) is 12.5. The van der Waals surface area contributed by atoms with Gasteiger partial charge < -0.3 is 14.7 Å². The van der Waals surface area contributed by atoms with E-state index in [4.69, 9.17) is 9.84 Å². The Hall–Kier alpha value is -2.11. The Balaban J connectivity index is 1.96. The SMILES string of the molecule is COc1cccc(CCC(=O)N2CCCC2CC(=O)O)c1F. The molecule has 1 atom stereocenters. The third-order valence-corrected chi connectivity index (χ3v) is 3.98. The van der Waals surface area contributed by atoms with E-state index in [1.807, 2.05) is 0 Å². The molecule has 1 fully saturated rings. The van der Waals surface area contributed by atoms with Gasteiger partial charge in [0.05, 0.1) is 13.5 Å². The van der Waals surface area contributed by atoms with Crippen LogP contribution in [0.25, 0.3) is 0 Å². The van der Waals surface area contributed by atoms with Crippen molar-refractivity contribution >= 4 is 11.9 Å². The van der Waals surface area contributed by atoms with Crippen LogP contribution in [0.1, 0.15) is 31.2 Å². The molecule has 2 rings (SSSR count). The summed E-state index contributed by atoms with van der Waals surface area (Å²) in [5.74, 6) is -1.30. The second-order valence-electron chi connectivity index (χ2n) is 5.41. The predicted octanol–water partition coefficient (Wildman–Crippen LogP) is 2.23. The molecule has 22 heavy (non-hydrogen) atoms. The number of carbonyl (C=O) groups is 2. The van der Waals surface area contributed by atoms with Gasteiger partial charge in [-0.2, -0.15) is 0 Å². The average Bonchev–Trinajstić information content (AvgIpc) is 2.93. The molecule has 1 aliphatic rings. The topological polar surface area (TPSA) is 66.8 Å². The van der Waals surface area contributed by atoms with Crippen molar-refractivity contribution in [3.63, 3.8) is 0 Å². The van der Waals surface area contributed by atoms with E-state index >= 15 is 0 Å². The number of ether oxygens (including phenoxy) is 1. The molecule has 1 aromatic rings. The first-order chi connectivity index (χ1) is 10.5. The summed E-state index contributed by atoms with van der Waals surface area (Å²) in [5, 5.41) is 8.87. The molecular formula is C16H20FNO4. The summed E-state index contributed by atoms with van der Waals surface area (Å²) in [4.78, 5) is 24.7. The summed E-state index contributed by atoms with van der Waals surface area (Å²) >= 11 is 0. The van der Waals surface area contributed by atoms with Crippen LogP contribution in [0.4, 0.5) is 4.39 Å². The second-order valence-corrected chi connectivity index (χ2v) is 5.41. The monoisotopic (exact) mass is 309 g/mol. The van der Waals surface area contributed by atoms with Crippen molar-refractivity contribution < 1.29 is 23.8 Å². The maximum Gasteiger partial charge on any atom is 0.305 e. The first-order valence-electron chi connectivity index (χ1n) is 7.35. The molecule has 1 aromatic carbocycles. The number of aliphatic carboxylic acids is 1. The van der Waals surface area contributed by atoms with Crippen molar-refractivity contribution in [3.8, 4) is 5.75 Å². The first kappa shape index (κ1) is 16.3. The lowest BCUT2D eigenvalue weighted by Crippen LogP contribution is -2.37. The van der Waals surface area contributed by atoms with Crippen molar-refractivity contribution in [2.45, 2.75) is 38.1 Å². The van der Waals surface area contributed by atoms with Gasteiger partial charge in [0.15, 0.2) is 11.6 Å². The Labute approximate surface area is 128 Å². The number of hydrogen-bond donors (Lipinski definition) is 1. The van der Waals surface area contributed by atoms with Crippen LogP contribution in [0.2, 0.25) is 0 Å². The van der Waals surface area contributed by atoms with Crippen LogP contribution in [0.5, 0.6) is 5.75 Å². The van der Waals surface area contributed by atoms with Crippen molar-refractivity contribution in [2.75, 3.05) is 13.7 Å². The average molecular weight is 309 g/mol. The number of halogens is 1. The van der Waals surface area contributed by atoms with Crippen LogP contribution in [0.3, 0.4) is 0 Å². The maximum absolute atomic E-state index is 14.0. The highest BCUT2D eigenvalue weighted by molar-refractivity contribution is 5.78. The molecule has 1 heterocycles. The van der Waals surface area contributed by atoms with Crippen molar-refractivity contribution in [1.29, 1.82) is 0 Å². The number of likely N-dealkylation sites (tertiary alicyclic amines) is 1. The molecule has 0 aromatic heterocycles. The lowest BCUT2D eigenvalue weighted by atomic mass is 10.1. The number of carboxylic acid groups (broad SMARTS) is 1. The Morgan fingerprint density at radius 3 is 2.91 bits per heavy atom. The smallest absolute Gasteiger partial charge is 0.305 e. The number of amides is 1.